The maximum absolute atomic E-state index is 12.4. The molecule has 25 heavy (non-hydrogen) atoms. The van der Waals surface area contributed by atoms with Crippen LogP contribution in [0.4, 0.5) is 5.82 Å². The van der Waals surface area contributed by atoms with Crippen LogP contribution in [0.15, 0.2) is 50.3 Å². The highest BCUT2D eigenvalue weighted by molar-refractivity contribution is 5.89. The second-order valence-corrected chi connectivity index (χ2v) is 5.10. The van der Waals surface area contributed by atoms with E-state index in [1.54, 1.807) is 6.92 Å². The lowest BCUT2D eigenvalue weighted by Crippen LogP contribution is -2.55. The van der Waals surface area contributed by atoms with E-state index in [2.05, 4.69) is 23.6 Å². The number of aromatic nitrogens is 4. The zero-order chi connectivity index (χ0) is 18.6. The Kier molecular flexibility index (Phi) is 5.32. The van der Waals surface area contributed by atoms with E-state index in [9.17, 15) is 19.2 Å². The average molecular weight is 347 g/mol. The number of nitrogens with one attached hydrogen (secondary N) is 1. The number of carbonyl (C=O) groups excluding carboxylic acids is 1. The predicted molar refractivity (Wildman–Crippen MR) is 89.5 cm³/mol. The first kappa shape index (κ1) is 17.9. The number of rotatable bonds is 7. The maximum atomic E-state index is 12.4. The van der Waals surface area contributed by atoms with E-state index in [-0.39, 0.29) is 18.9 Å². The Bertz CT molecular complexity index is 943. The Balaban J connectivity index is 2.45. The van der Waals surface area contributed by atoms with Crippen LogP contribution in [0.2, 0.25) is 0 Å². The van der Waals surface area contributed by atoms with Crippen LogP contribution in [-0.2, 0) is 24.4 Å². The molecule has 10 heteroatoms. The summed E-state index contributed by atoms with van der Waals surface area (Å²) >= 11 is 0. The Hall–Kier alpha value is -3.43. The fourth-order valence-corrected chi connectivity index (χ4v) is 2.14. The third-order valence-corrected chi connectivity index (χ3v) is 3.21. The number of anilines is 1. The molecule has 0 bridgehead atoms. The predicted octanol–water partition coefficient (Wildman–Crippen LogP) is -0.521. The zero-order valence-corrected chi connectivity index (χ0v) is 13.6. The number of hydrogen-bond acceptors (Lipinski definition) is 6. The SMILES string of the molecule is C=CCn1c(=O)n(CC=C)c(=O)n(CC(=O)Nc2cc(C)on2)c1=O. The van der Waals surface area contributed by atoms with E-state index in [1.165, 1.54) is 18.2 Å². The van der Waals surface area contributed by atoms with Gasteiger partial charge in [0.2, 0.25) is 5.91 Å². The molecule has 0 saturated carbocycles. The lowest BCUT2D eigenvalue weighted by molar-refractivity contribution is -0.116. The number of nitrogens with zero attached hydrogens (tertiary/aromatic N) is 4. The molecule has 0 atom stereocenters. The van der Waals surface area contributed by atoms with Gasteiger partial charge in [0, 0.05) is 6.07 Å². The minimum atomic E-state index is -0.901. The van der Waals surface area contributed by atoms with Crippen molar-refractivity contribution in [2.24, 2.45) is 0 Å². The van der Waals surface area contributed by atoms with Gasteiger partial charge in [0.25, 0.3) is 0 Å². The molecule has 0 aliphatic carbocycles. The Morgan fingerprint density at radius 1 is 1.12 bits per heavy atom. The van der Waals surface area contributed by atoms with Gasteiger partial charge in [-0.2, -0.15) is 0 Å². The van der Waals surface area contributed by atoms with Gasteiger partial charge in [-0.1, -0.05) is 17.3 Å². The molecule has 1 amide bonds. The highest BCUT2D eigenvalue weighted by Crippen LogP contribution is 2.06. The topological polar surface area (TPSA) is 121 Å². The summed E-state index contributed by atoms with van der Waals surface area (Å²) in [5, 5.41) is 5.99. The molecule has 0 aromatic carbocycles. The fraction of sp³-hybridized carbons (Fsp3) is 0.267. The summed E-state index contributed by atoms with van der Waals surface area (Å²) in [7, 11) is 0. The summed E-state index contributed by atoms with van der Waals surface area (Å²) in [6.45, 7) is 7.81. The average Bonchev–Trinajstić information content (AvgIpc) is 2.97. The summed E-state index contributed by atoms with van der Waals surface area (Å²) < 4.78 is 7.10. The monoisotopic (exact) mass is 347 g/mol. The van der Waals surface area contributed by atoms with Crippen molar-refractivity contribution in [3.8, 4) is 0 Å². The lowest BCUT2D eigenvalue weighted by Gasteiger charge is -2.11. The third-order valence-electron chi connectivity index (χ3n) is 3.21. The quantitative estimate of drug-likeness (QED) is 0.673. The van der Waals surface area contributed by atoms with E-state index in [0.29, 0.717) is 10.3 Å². The van der Waals surface area contributed by atoms with Crippen molar-refractivity contribution in [1.29, 1.82) is 0 Å². The van der Waals surface area contributed by atoms with Gasteiger partial charge in [-0.3, -0.25) is 4.79 Å². The molecule has 1 N–H and O–H groups in total. The summed E-state index contributed by atoms with van der Waals surface area (Å²) in [6.07, 6.45) is 2.68. The number of aryl methyl sites for hydroxylation is 1. The fourth-order valence-electron chi connectivity index (χ4n) is 2.14. The third kappa shape index (κ3) is 3.74. The van der Waals surface area contributed by atoms with Gasteiger partial charge in [0.05, 0.1) is 13.1 Å². The molecule has 0 unspecified atom stereocenters. The van der Waals surface area contributed by atoms with Crippen molar-refractivity contribution in [3.05, 3.63) is 68.6 Å². The molecule has 2 aromatic heterocycles. The van der Waals surface area contributed by atoms with Gasteiger partial charge in [0.1, 0.15) is 12.3 Å². The zero-order valence-electron chi connectivity index (χ0n) is 13.6. The van der Waals surface area contributed by atoms with Crippen molar-refractivity contribution < 1.29 is 9.32 Å². The molecule has 2 rings (SSSR count). The molecule has 0 saturated heterocycles. The molecular weight excluding hydrogens is 330 g/mol. The largest absolute Gasteiger partial charge is 0.360 e. The van der Waals surface area contributed by atoms with E-state index in [1.807, 2.05) is 0 Å². The van der Waals surface area contributed by atoms with Crippen LogP contribution in [0.1, 0.15) is 5.76 Å². The molecule has 2 aromatic rings. The lowest BCUT2D eigenvalue weighted by atomic mass is 10.4. The van der Waals surface area contributed by atoms with Gasteiger partial charge >= 0.3 is 17.1 Å². The molecule has 0 aliphatic rings. The van der Waals surface area contributed by atoms with Crippen LogP contribution < -0.4 is 22.4 Å². The van der Waals surface area contributed by atoms with Crippen LogP contribution in [0.3, 0.4) is 0 Å². The highest BCUT2D eigenvalue weighted by atomic mass is 16.5. The first-order valence-corrected chi connectivity index (χ1v) is 7.28. The van der Waals surface area contributed by atoms with Gasteiger partial charge < -0.3 is 9.84 Å². The Labute approximate surface area is 141 Å². The van der Waals surface area contributed by atoms with Crippen LogP contribution in [0.25, 0.3) is 0 Å². The smallest absolute Gasteiger partial charge is 0.337 e. The van der Waals surface area contributed by atoms with Crippen LogP contribution in [0.5, 0.6) is 0 Å². The number of carbonyl (C=O) groups is 1. The number of hydrogen-bond donors (Lipinski definition) is 1. The molecule has 10 nitrogen and oxygen atoms in total. The maximum Gasteiger partial charge on any atom is 0.337 e. The summed E-state index contributed by atoms with van der Waals surface area (Å²) in [5.74, 6) is -0.0248. The van der Waals surface area contributed by atoms with E-state index < -0.39 is 29.5 Å². The molecule has 0 aliphatic heterocycles. The summed E-state index contributed by atoms with van der Waals surface area (Å²) in [6, 6.07) is 1.48. The van der Waals surface area contributed by atoms with Crippen molar-refractivity contribution in [1.82, 2.24) is 18.9 Å². The van der Waals surface area contributed by atoms with Gasteiger partial charge in [-0.05, 0) is 6.92 Å². The van der Waals surface area contributed by atoms with Gasteiger partial charge in [0.15, 0.2) is 5.82 Å². The number of amides is 1. The first-order chi connectivity index (χ1) is 11.9. The molecule has 0 radical (unpaired) electrons. The molecular formula is C15H17N5O5. The van der Waals surface area contributed by atoms with Crippen molar-refractivity contribution in [3.63, 3.8) is 0 Å². The van der Waals surface area contributed by atoms with E-state index in [4.69, 9.17) is 4.52 Å². The van der Waals surface area contributed by atoms with E-state index >= 15 is 0 Å². The molecule has 0 spiro atoms. The molecule has 0 fully saturated rings. The molecule has 132 valence electrons. The van der Waals surface area contributed by atoms with E-state index in [0.717, 1.165) is 9.13 Å². The van der Waals surface area contributed by atoms with Crippen molar-refractivity contribution >= 4 is 11.7 Å². The van der Waals surface area contributed by atoms with Gasteiger partial charge in [-0.25, -0.2) is 28.1 Å². The Morgan fingerprint density at radius 3 is 2.08 bits per heavy atom. The van der Waals surface area contributed by atoms with Gasteiger partial charge in [-0.15, -0.1) is 13.2 Å². The summed E-state index contributed by atoms with van der Waals surface area (Å²) in [4.78, 5) is 49.1. The molecule has 2 heterocycles. The standard InChI is InChI=1S/C15H17N5O5/c1-4-6-18-13(22)19(7-5-2)15(24)20(14(18)23)9-12(21)16-11-8-10(3)25-17-11/h4-5,8H,1-2,6-7,9H2,3H3,(H,16,17,21). The van der Waals surface area contributed by atoms with Crippen molar-refractivity contribution in [2.45, 2.75) is 26.6 Å². The normalized spacial score (nSPS) is 10.4. The summed E-state index contributed by atoms with van der Waals surface area (Å²) in [5.41, 5.74) is -2.60. The van der Waals surface area contributed by atoms with Crippen LogP contribution in [0, 0.1) is 6.92 Å². The van der Waals surface area contributed by atoms with Crippen molar-refractivity contribution in [2.75, 3.05) is 5.32 Å². The second-order valence-electron chi connectivity index (χ2n) is 5.10. The highest BCUT2D eigenvalue weighted by Gasteiger charge is 2.17. The minimum Gasteiger partial charge on any atom is -0.360 e. The van der Waals surface area contributed by atoms with Crippen LogP contribution >= 0.6 is 0 Å². The Morgan fingerprint density at radius 2 is 1.64 bits per heavy atom. The minimum absolute atomic E-state index is 0.0980. The number of allylic oxidation sites excluding steroid dienone is 2. The van der Waals surface area contributed by atoms with Crippen LogP contribution in [-0.4, -0.2) is 24.8 Å². The second kappa shape index (κ2) is 7.43. The first-order valence-electron chi connectivity index (χ1n) is 7.28.